The van der Waals surface area contributed by atoms with Gasteiger partial charge in [-0.2, -0.15) is 0 Å². The fourth-order valence-corrected chi connectivity index (χ4v) is 5.36. The molecule has 0 saturated carbocycles. The zero-order valence-electron chi connectivity index (χ0n) is 24.4. The maximum Gasteiger partial charge on any atom is 0.336 e. The highest BCUT2D eigenvalue weighted by Crippen LogP contribution is 2.36. The largest absolute Gasteiger partial charge is 0.493 e. The SMILES string of the molecule is COc1cc2ccc(=O)oc2cc1O[C@@H]1O[C@@H](CO[C@@H]2O[C@H](C)[C@H](O)[C@@H](O)[C@H]2O)[C@@H](O)[C@H](O)[C@H]1O[C@@H]1O[C@@H](C)[C@H](O)[C@@H](O)[C@H]1O. The summed E-state index contributed by atoms with van der Waals surface area (Å²) in [7, 11) is 1.35. The second-order valence-electron chi connectivity index (χ2n) is 11.2. The molecule has 3 aliphatic heterocycles. The van der Waals surface area contributed by atoms with Gasteiger partial charge in [-0.25, -0.2) is 4.79 Å². The van der Waals surface area contributed by atoms with E-state index in [0.29, 0.717) is 5.39 Å². The summed E-state index contributed by atoms with van der Waals surface area (Å²) in [5, 5.41) is 83.9. The number of hydrogen-bond acceptors (Lipinski definition) is 17. The number of ether oxygens (including phenoxy) is 7. The molecule has 4 heterocycles. The van der Waals surface area contributed by atoms with Crippen molar-refractivity contribution in [2.24, 2.45) is 0 Å². The molecule has 17 nitrogen and oxygen atoms in total. The molecular formula is C28H38O17. The van der Waals surface area contributed by atoms with Gasteiger partial charge < -0.3 is 78.4 Å². The molecule has 0 unspecified atom stereocenters. The van der Waals surface area contributed by atoms with E-state index in [-0.39, 0.29) is 17.1 Å². The minimum Gasteiger partial charge on any atom is -0.493 e. The highest BCUT2D eigenvalue weighted by molar-refractivity contribution is 5.80. The van der Waals surface area contributed by atoms with E-state index in [2.05, 4.69) is 0 Å². The number of aliphatic hydroxyl groups is 8. The standard InChI is InChI=1S/C28H38O17/c1-9-17(30)20(33)23(36)26(40-9)39-8-15-19(32)22(35)25(45-27-24(37)21(34)18(31)10(2)41-27)28(44-15)43-14-7-12-11(6-13(14)38-3)4-5-16(29)42-12/h4-7,9-10,15,17-28,30-37H,8H2,1-3H3/t9-,10+,15+,17+,18+,19-,20-,21-,22+,23-,24-,25-,26-,27+,28-/m1/s1. The van der Waals surface area contributed by atoms with Gasteiger partial charge in [0, 0.05) is 17.5 Å². The van der Waals surface area contributed by atoms with Crippen molar-refractivity contribution in [3.8, 4) is 11.5 Å². The van der Waals surface area contributed by atoms with Crippen LogP contribution in [-0.2, 0) is 23.7 Å². The molecule has 15 atom stereocenters. The Kier molecular flexibility index (Phi) is 10.3. The highest BCUT2D eigenvalue weighted by atomic mass is 16.8. The molecule has 1 aromatic carbocycles. The lowest BCUT2D eigenvalue weighted by Crippen LogP contribution is -2.65. The Hall–Kier alpha value is -2.49. The molecule has 3 saturated heterocycles. The summed E-state index contributed by atoms with van der Waals surface area (Å²) in [6.07, 6.45) is -22.7. The van der Waals surface area contributed by atoms with E-state index < -0.39 is 104 Å². The number of hydrogen-bond donors (Lipinski definition) is 8. The lowest BCUT2D eigenvalue weighted by Gasteiger charge is -2.46. The third-order valence-corrected chi connectivity index (χ3v) is 8.13. The number of benzene rings is 1. The lowest BCUT2D eigenvalue weighted by molar-refractivity contribution is -0.360. The van der Waals surface area contributed by atoms with Crippen molar-refractivity contribution in [2.45, 2.75) is 106 Å². The Bertz CT molecular complexity index is 1350. The molecule has 17 heteroatoms. The molecule has 0 spiro atoms. The number of methoxy groups -OCH3 is 1. The molecule has 0 amide bonds. The van der Waals surface area contributed by atoms with Crippen molar-refractivity contribution < 1.29 is 78.4 Å². The molecule has 45 heavy (non-hydrogen) atoms. The summed E-state index contributed by atoms with van der Waals surface area (Å²) in [4.78, 5) is 11.8. The first kappa shape index (κ1) is 33.9. The van der Waals surface area contributed by atoms with Crippen LogP contribution >= 0.6 is 0 Å². The van der Waals surface area contributed by atoms with Gasteiger partial charge in [-0.1, -0.05) is 0 Å². The summed E-state index contributed by atoms with van der Waals surface area (Å²) in [5.74, 6) is 0.0978. The minimum absolute atomic E-state index is 0.0490. The van der Waals surface area contributed by atoms with Gasteiger partial charge in [-0.05, 0) is 26.0 Å². The fourth-order valence-electron chi connectivity index (χ4n) is 5.36. The van der Waals surface area contributed by atoms with Crippen LogP contribution in [0.15, 0.2) is 33.5 Å². The van der Waals surface area contributed by atoms with Crippen molar-refractivity contribution in [3.63, 3.8) is 0 Å². The molecule has 5 rings (SSSR count). The van der Waals surface area contributed by atoms with Crippen molar-refractivity contribution in [3.05, 3.63) is 34.7 Å². The highest BCUT2D eigenvalue weighted by Gasteiger charge is 2.52. The van der Waals surface area contributed by atoms with E-state index in [1.165, 1.54) is 45.2 Å². The second-order valence-corrected chi connectivity index (χ2v) is 11.2. The summed E-state index contributed by atoms with van der Waals surface area (Å²) in [6, 6.07) is 5.56. The molecule has 0 aliphatic carbocycles. The Morgan fingerprint density at radius 1 is 0.689 bits per heavy atom. The topological polar surface area (TPSA) is 257 Å². The van der Waals surface area contributed by atoms with Crippen molar-refractivity contribution in [1.82, 2.24) is 0 Å². The van der Waals surface area contributed by atoms with E-state index >= 15 is 0 Å². The van der Waals surface area contributed by atoms with Crippen LogP contribution in [0.2, 0.25) is 0 Å². The lowest BCUT2D eigenvalue weighted by atomic mass is 9.97. The summed E-state index contributed by atoms with van der Waals surface area (Å²) < 4.78 is 44.9. The van der Waals surface area contributed by atoms with Crippen molar-refractivity contribution in [2.75, 3.05) is 13.7 Å². The van der Waals surface area contributed by atoms with Crippen LogP contribution in [-0.4, -0.2) is 147 Å². The molecule has 3 aliphatic rings. The third kappa shape index (κ3) is 6.82. The summed E-state index contributed by atoms with van der Waals surface area (Å²) >= 11 is 0. The molecule has 8 N–H and O–H groups in total. The predicted octanol–water partition coefficient (Wildman–Crippen LogP) is -3.32. The first-order chi connectivity index (χ1) is 21.3. The fraction of sp³-hybridized carbons (Fsp3) is 0.679. The van der Waals surface area contributed by atoms with Crippen molar-refractivity contribution in [1.29, 1.82) is 0 Å². The quantitative estimate of drug-likeness (QED) is 0.131. The van der Waals surface area contributed by atoms with Crippen LogP contribution < -0.4 is 15.1 Å². The first-order valence-corrected chi connectivity index (χ1v) is 14.3. The average molecular weight is 647 g/mol. The van der Waals surface area contributed by atoms with Gasteiger partial charge in [0.1, 0.15) is 60.5 Å². The zero-order chi connectivity index (χ0) is 32.7. The predicted molar refractivity (Wildman–Crippen MR) is 146 cm³/mol. The van der Waals surface area contributed by atoms with E-state index in [9.17, 15) is 45.6 Å². The van der Waals surface area contributed by atoms with Crippen LogP contribution in [0.5, 0.6) is 11.5 Å². The van der Waals surface area contributed by atoms with Crippen LogP contribution in [0.4, 0.5) is 0 Å². The molecular weight excluding hydrogens is 608 g/mol. The molecule has 252 valence electrons. The van der Waals surface area contributed by atoms with E-state index in [1.54, 1.807) is 0 Å². The van der Waals surface area contributed by atoms with E-state index in [0.717, 1.165) is 0 Å². The van der Waals surface area contributed by atoms with E-state index in [4.69, 9.17) is 37.6 Å². The van der Waals surface area contributed by atoms with Gasteiger partial charge in [-0.15, -0.1) is 0 Å². The Morgan fingerprint density at radius 2 is 1.31 bits per heavy atom. The maximum atomic E-state index is 11.8. The molecule has 0 radical (unpaired) electrons. The second kappa shape index (κ2) is 13.7. The number of aliphatic hydroxyl groups excluding tert-OH is 8. The van der Waals surface area contributed by atoms with Crippen molar-refractivity contribution >= 4 is 11.0 Å². The monoisotopic (exact) mass is 646 g/mol. The van der Waals surface area contributed by atoms with Crippen LogP contribution in [0, 0.1) is 0 Å². The van der Waals surface area contributed by atoms with E-state index in [1.807, 2.05) is 0 Å². The maximum absolute atomic E-state index is 11.8. The molecule has 3 fully saturated rings. The third-order valence-electron chi connectivity index (χ3n) is 8.13. The average Bonchev–Trinajstić information content (AvgIpc) is 3.02. The molecule has 1 aromatic heterocycles. The van der Waals surface area contributed by atoms with Gasteiger partial charge >= 0.3 is 5.63 Å². The number of fused-ring (bicyclic) bond motifs is 1. The molecule has 2 aromatic rings. The molecule has 0 bridgehead atoms. The van der Waals surface area contributed by atoms with Crippen LogP contribution in [0.25, 0.3) is 11.0 Å². The normalized spacial score (nSPS) is 42.4. The van der Waals surface area contributed by atoms with Gasteiger partial charge in [0.25, 0.3) is 0 Å². The smallest absolute Gasteiger partial charge is 0.336 e. The Morgan fingerprint density at radius 3 is 1.96 bits per heavy atom. The summed E-state index contributed by atoms with van der Waals surface area (Å²) in [5.41, 5.74) is -0.524. The number of rotatable bonds is 8. The Balaban J connectivity index is 1.42. The van der Waals surface area contributed by atoms with Crippen LogP contribution in [0.1, 0.15) is 13.8 Å². The van der Waals surface area contributed by atoms with Gasteiger partial charge in [0.05, 0.1) is 25.9 Å². The summed E-state index contributed by atoms with van der Waals surface area (Å²) in [6.45, 7) is 2.35. The first-order valence-electron chi connectivity index (χ1n) is 14.3. The van der Waals surface area contributed by atoms with Crippen LogP contribution in [0.3, 0.4) is 0 Å². The van der Waals surface area contributed by atoms with Gasteiger partial charge in [0.2, 0.25) is 6.29 Å². The van der Waals surface area contributed by atoms with Gasteiger partial charge in [0.15, 0.2) is 30.2 Å². The minimum atomic E-state index is -1.82. The Labute approximate surface area is 255 Å². The van der Waals surface area contributed by atoms with Gasteiger partial charge in [-0.3, -0.25) is 0 Å². The zero-order valence-corrected chi connectivity index (χ0v) is 24.4.